The number of nitrogens with one attached hydrogen (secondary N) is 1. The van der Waals surface area contributed by atoms with Crippen molar-refractivity contribution in [3.8, 4) is 11.4 Å². The van der Waals surface area contributed by atoms with Gasteiger partial charge in [-0.15, -0.1) is 0 Å². The first-order valence-corrected chi connectivity index (χ1v) is 12.5. The Kier molecular flexibility index (Phi) is 6.01. The van der Waals surface area contributed by atoms with Crippen LogP contribution in [0.15, 0.2) is 47.3 Å². The number of alkyl halides is 2. The summed E-state index contributed by atoms with van der Waals surface area (Å²) in [6.07, 6.45) is -2.62. The number of carbonyl (C=O) groups is 1. The summed E-state index contributed by atoms with van der Waals surface area (Å²) in [6.45, 7) is 4.58. The van der Waals surface area contributed by atoms with E-state index in [1.54, 1.807) is 37.3 Å². The molecule has 182 valence electrons. The summed E-state index contributed by atoms with van der Waals surface area (Å²) in [5.74, 6) is -0.470. The Balaban J connectivity index is 1.74. The van der Waals surface area contributed by atoms with E-state index in [4.69, 9.17) is 4.74 Å². The fraction of sp³-hybridized carbons (Fsp3) is 0.391. The minimum atomic E-state index is -3.13. The highest BCUT2D eigenvalue weighted by Gasteiger charge is 2.45. The first-order valence-electron chi connectivity index (χ1n) is 10.7. The van der Waals surface area contributed by atoms with Gasteiger partial charge in [-0.3, -0.25) is 13.9 Å². The number of halogens is 2. The molecule has 34 heavy (non-hydrogen) atoms. The second-order valence-corrected chi connectivity index (χ2v) is 11.1. The molecule has 0 bridgehead atoms. The molecule has 0 atom stereocenters. The van der Waals surface area contributed by atoms with Gasteiger partial charge in [0.1, 0.15) is 12.4 Å². The summed E-state index contributed by atoms with van der Waals surface area (Å²) in [5.41, 5.74) is 0.582. The van der Waals surface area contributed by atoms with Crippen molar-refractivity contribution in [1.29, 1.82) is 0 Å². The highest BCUT2D eigenvalue weighted by atomic mass is 32.2. The van der Waals surface area contributed by atoms with Crippen molar-refractivity contribution in [1.82, 2.24) is 14.5 Å². The van der Waals surface area contributed by atoms with E-state index in [1.165, 1.54) is 21.3 Å². The van der Waals surface area contributed by atoms with Crippen LogP contribution >= 0.6 is 0 Å². The minimum absolute atomic E-state index is 0.120. The van der Waals surface area contributed by atoms with E-state index in [-0.39, 0.29) is 29.0 Å². The van der Waals surface area contributed by atoms with E-state index in [9.17, 15) is 26.8 Å². The van der Waals surface area contributed by atoms with Gasteiger partial charge in [-0.25, -0.2) is 22.0 Å². The maximum atomic E-state index is 13.3. The van der Waals surface area contributed by atoms with E-state index in [0.717, 1.165) is 0 Å². The van der Waals surface area contributed by atoms with Crippen LogP contribution < -0.4 is 15.7 Å². The van der Waals surface area contributed by atoms with Crippen molar-refractivity contribution >= 4 is 26.8 Å². The van der Waals surface area contributed by atoms with Crippen molar-refractivity contribution in [2.45, 2.75) is 38.8 Å². The van der Waals surface area contributed by atoms with Gasteiger partial charge in [-0.1, -0.05) is 6.07 Å². The largest absolute Gasteiger partial charge is 0.488 e. The summed E-state index contributed by atoms with van der Waals surface area (Å²) >= 11 is 0. The number of fused-ring (bicyclic) bond motifs is 1. The van der Waals surface area contributed by atoms with Crippen molar-refractivity contribution in [3.05, 3.63) is 58.5 Å². The molecule has 4 rings (SSSR count). The second kappa shape index (κ2) is 8.53. The Morgan fingerprint density at radius 3 is 2.47 bits per heavy atom. The topological polar surface area (TPSA) is 99.4 Å². The van der Waals surface area contributed by atoms with Crippen LogP contribution in [0.3, 0.4) is 0 Å². The molecule has 0 unspecified atom stereocenters. The van der Waals surface area contributed by atoms with Crippen LogP contribution in [0.4, 0.5) is 8.78 Å². The molecule has 1 saturated heterocycles. The van der Waals surface area contributed by atoms with Crippen molar-refractivity contribution < 1.29 is 26.7 Å². The Labute approximate surface area is 195 Å². The summed E-state index contributed by atoms with van der Waals surface area (Å²) in [7, 11) is -3.13. The van der Waals surface area contributed by atoms with Gasteiger partial charge in [0.25, 0.3) is 12.3 Å². The number of rotatable bonds is 7. The second-order valence-electron chi connectivity index (χ2n) is 9.03. The van der Waals surface area contributed by atoms with Gasteiger partial charge in [0.2, 0.25) is 0 Å². The molecule has 8 nitrogen and oxygen atoms in total. The number of sulfone groups is 1. The molecule has 1 aromatic heterocycles. The van der Waals surface area contributed by atoms with Crippen molar-refractivity contribution in [2.75, 3.05) is 18.1 Å². The number of ether oxygens (including phenoxy) is 1. The third-order valence-corrected chi connectivity index (χ3v) is 7.75. The zero-order valence-corrected chi connectivity index (χ0v) is 19.7. The molecule has 0 saturated carbocycles. The number of carbonyl (C=O) groups excluding carboxylic acids is 1. The molecule has 2 heterocycles. The molecule has 2 aromatic carbocycles. The van der Waals surface area contributed by atoms with Gasteiger partial charge in [-0.05, 0) is 51.1 Å². The number of hydrogen-bond donors (Lipinski definition) is 1. The highest BCUT2D eigenvalue weighted by molar-refractivity contribution is 7.93. The van der Waals surface area contributed by atoms with Crippen molar-refractivity contribution in [2.24, 2.45) is 0 Å². The van der Waals surface area contributed by atoms with Gasteiger partial charge >= 0.3 is 5.69 Å². The maximum absolute atomic E-state index is 13.3. The fourth-order valence-corrected chi connectivity index (χ4v) is 6.33. The normalized spacial score (nSPS) is 16.6. The SMILES string of the molecule is CC(C)n1c(=O)n(-c2cccc(OCC(F)F)c2)c2ccc(C(=O)NC3(C)CS(=O)(=O)C3)cc21. The monoisotopic (exact) mass is 493 g/mol. The van der Waals surface area contributed by atoms with Crippen LogP contribution in [0.1, 0.15) is 37.2 Å². The van der Waals surface area contributed by atoms with Crippen molar-refractivity contribution in [3.63, 3.8) is 0 Å². The molecule has 0 aliphatic carbocycles. The molecule has 11 heteroatoms. The van der Waals surface area contributed by atoms with Crippen LogP contribution in [0, 0.1) is 0 Å². The number of benzene rings is 2. The molecule has 3 aromatic rings. The lowest BCUT2D eigenvalue weighted by molar-refractivity contribution is 0.0819. The van der Waals surface area contributed by atoms with E-state index in [1.807, 2.05) is 13.8 Å². The lowest BCUT2D eigenvalue weighted by Gasteiger charge is -2.38. The third kappa shape index (κ3) is 4.56. The van der Waals surface area contributed by atoms with Gasteiger partial charge in [-0.2, -0.15) is 0 Å². The van der Waals surface area contributed by atoms with E-state index in [0.29, 0.717) is 22.3 Å². The summed E-state index contributed by atoms with van der Waals surface area (Å²) in [5, 5.41) is 2.77. The fourth-order valence-electron chi connectivity index (χ4n) is 4.33. The van der Waals surface area contributed by atoms with Gasteiger partial charge in [0.05, 0.1) is 33.8 Å². The molecule has 1 aliphatic heterocycles. The molecular weight excluding hydrogens is 468 g/mol. The summed E-state index contributed by atoms with van der Waals surface area (Å²) in [6, 6.07) is 10.9. The smallest absolute Gasteiger partial charge is 0.333 e. The van der Waals surface area contributed by atoms with Crippen LogP contribution in [0.25, 0.3) is 16.7 Å². The van der Waals surface area contributed by atoms with Crippen LogP contribution in [0.2, 0.25) is 0 Å². The average molecular weight is 494 g/mol. The molecule has 0 radical (unpaired) electrons. The van der Waals surface area contributed by atoms with E-state index >= 15 is 0 Å². The highest BCUT2D eigenvalue weighted by Crippen LogP contribution is 2.26. The summed E-state index contributed by atoms with van der Waals surface area (Å²) in [4.78, 5) is 26.2. The third-order valence-electron chi connectivity index (χ3n) is 5.60. The zero-order valence-electron chi connectivity index (χ0n) is 18.9. The average Bonchev–Trinajstić information content (AvgIpc) is 3.01. The number of aromatic nitrogens is 2. The Hall–Kier alpha value is -3.21. The lowest BCUT2D eigenvalue weighted by Crippen LogP contribution is -2.63. The standard InChI is InChI=1S/C23H25F2N3O5S/c1-14(2)27-19-9-15(21(29)26-23(3)12-34(31,32)13-23)7-8-18(19)28(22(27)30)16-5-4-6-17(10-16)33-11-20(24)25/h4-10,14,20H,11-13H2,1-3H3,(H,26,29). The maximum Gasteiger partial charge on any atom is 0.333 e. The minimum Gasteiger partial charge on any atom is -0.488 e. The molecule has 1 fully saturated rings. The van der Waals surface area contributed by atoms with Crippen LogP contribution in [-0.2, 0) is 9.84 Å². The molecule has 0 spiro atoms. The number of amides is 1. The van der Waals surface area contributed by atoms with Gasteiger partial charge in [0, 0.05) is 17.7 Å². The van der Waals surface area contributed by atoms with Gasteiger partial charge in [0.15, 0.2) is 9.84 Å². The van der Waals surface area contributed by atoms with Gasteiger partial charge < -0.3 is 10.1 Å². The summed E-state index contributed by atoms with van der Waals surface area (Å²) < 4.78 is 56.2. The predicted octanol–water partition coefficient (Wildman–Crippen LogP) is 2.93. The van der Waals surface area contributed by atoms with E-state index < -0.39 is 34.3 Å². The predicted molar refractivity (Wildman–Crippen MR) is 124 cm³/mol. The lowest BCUT2D eigenvalue weighted by atomic mass is 10.1. The van der Waals surface area contributed by atoms with Crippen LogP contribution in [0.5, 0.6) is 5.75 Å². The first-order chi connectivity index (χ1) is 15.9. The zero-order chi connectivity index (χ0) is 24.8. The number of hydrogen-bond acceptors (Lipinski definition) is 5. The Bertz CT molecular complexity index is 1410. The first kappa shape index (κ1) is 23.9. The van der Waals surface area contributed by atoms with Crippen LogP contribution in [-0.4, -0.2) is 53.5 Å². The molecule has 1 N–H and O–H groups in total. The Morgan fingerprint density at radius 1 is 1.15 bits per heavy atom. The van der Waals surface area contributed by atoms with E-state index in [2.05, 4.69) is 5.32 Å². The number of imidazole rings is 1. The quantitative estimate of drug-likeness (QED) is 0.546. The molecule has 1 aliphatic rings. The Morgan fingerprint density at radius 2 is 1.85 bits per heavy atom. The molecular formula is C23H25F2N3O5S. The number of nitrogens with zero attached hydrogens (tertiary/aromatic N) is 2. The molecule has 1 amide bonds.